The average Bonchev–Trinajstić information content (AvgIpc) is 2.92. The zero-order valence-electron chi connectivity index (χ0n) is 19.0. The number of hydrogen-bond donors (Lipinski definition) is 0. The molecular weight excluding hydrogens is 444 g/mol. The molecule has 0 unspecified atom stereocenters. The van der Waals surface area contributed by atoms with Gasteiger partial charge in [-0.25, -0.2) is 0 Å². The molecule has 35 heavy (non-hydrogen) atoms. The van der Waals surface area contributed by atoms with Crippen LogP contribution in [-0.2, 0) is 0 Å². The van der Waals surface area contributed by atoms with Crippen LogP contribution in [0.1, 0.15) is 0 Å². The number of halogens is 1. The summed E-state index contributed by atoms with van der Waals surface area (Å²) in [6, 6.07) is 45.6. The van der Waals surface area contributed by atoms with Gasteiger partial charge in [-0.3, -0.25) is 0 Å². The molecule has 7 aromatic rings. The van der Waals surface area contributed by atoms with Crippen molar-refractivity contribution in [1.82, 2.24) is 0 Å². The molecule has 0 aliphatic carbocycles. The van der Waals surface area contributed by atoms with Gasteiger partial charge in [-0.05, 0) is 83.5 Å². The molecular formula is C34H21Cl. The molecule has 0 aliphatic heterocycles. The van der Waals surface area contributed by atoms with Crippen LogP contribution in [0.5, 0.6) is 0 Å². The molecule has 0 spiro atoms. The zero-order valence-corrected chi connectivity index (χ0v) is 19.8. The van der Waals surface area contributed by atoms with E-state index < -0.39 is 0 Å². The molecule has 0 radical (unpaired) electrons. The van der Waals surface area contributed by atoms with E-state index in [2.05, 4.69) is 121 Å². The summed E-state index contributed by atoms with van der Waals surface area (Å²) in [4.78, 5) is 0. The van der Waals surface area contributed by atoms with Gasteiger partial charge in [0.2, 0.25) is 0 Å². The van der Waals surface area contributed by atoms with Crippen LogP contribution < -0.4 is 0 Å². The van der Waals surface area contributed by atoms with Crippen molar-refractivity contribution in [2.45, 2.75) is 0 Å². The Bertz CT molecular complexity index is 1870. The van der Waals surface area contributed by atoms with E-state index in [0.717, 1.165) is 10.6 Å². The molecule has 164 valence electrons. The van der Waals surface area contributed by atoms with E-state index >= 15 is 0 Å². The van der Waals surface area contributed by atoms with Gasteiger partial charge in [-0.1, -0.05) is 121 Å². The Balaban J connectivity index is 1.55. The second-order valence-corrected chi connectivity index (χ2v) is 9.50. The monoisotopic (exact) mass is 464 g/mol. The Kier molecular flexibility index (Phi) is 4.62. The molecule has 0 heterocycles. The van der Waals surface area contributed by atoms with Crippen molar-refractivity contribution in [3.8, 4) is 22.3 Å². The van der Waals surface area contributed by atoms with Gasteiger partial charge in [0.25, 0.3) is 0 Å². The summed E-state index contributed by atoms with van der Waals surface area (Å²) >= 11 is 6.54. The lowest BCUT2D eigenvalue weighted by atomic mass is 9.88. The molecule has 7 rings (SSSR count). The van der Waals surface area contributed by atoms with Gasteiger partial charge in [-0.15, -0.1) is 0 Å². The van der Waals surface area contributed by atoms with Crippen molar-refractivity contribution in [3.05, 3.63) is 132 Å². The van der Waals surface area contributed by atoms with Crippen LogP contribution in [0.15, 0.2) is 127 Å². The third kappa shape index (κ3) is 3.22. The molecule has 1 heteroatoms. The standard InChI is InChI=1S/C34H21Cl/c35-24-17-19-26(34(21-24)27-15-7-9-22-8-1-2-10-25(22)27)23-16-18-32-30-13-4-3-11-28(30)29-12-5-6-14-31(29)33(32)20-23/h1-21H. The van der Waals surface area contributed by atoms with Crippen LogP contribution in [-0.4, -0.2) is 0 Å². The summed E-state index contributed by atoms with van der Waals surface area (Å²) in [5, 5.41) is 10.9. The Morgan fingerprint density at radius 2 is 0.914 bits per heavy atom. The van der Waals surface area contributed by atoms with E-state index in [1.165, 1.54) is 59.8 Å². The highest BCUT2D eigenvalue weighted by atomic mass is 35.5. The Morgan fingerprint density at radius 1 is 0.343 bits per heavy atom. The fourth-order valence-corrected chi connectivity index (χ4v) is 5.70. The summed E-state index contributed by atoms with van der Waals surface area (Å²) < 4.78 is 0. The third-order valence-electron chi connectivity index (χ3n) is 7.12. The highest BCUT2D eigenvalue weighted by molar-refractivity contribution is 6.31. The van der Waals surface area contributed by atoms with Crippen molar-refractivity contribution in [2.24, 2.45) is 0 Å². The molecule has 0 aromatic heterocycles. The lowest BCUT2D eigenvalue weighted by Gasteiger charge is -2.15. The maximum absolute atomic E-state index is 6.54. The van der Waals surface area contributed by atoms with Crippen LogP contribution in [0.4, 0.5) is 0 Å². The summed E-state index contributed by atoms with van der Waals surface area (Å²) in [7, 11) is 0. The first kappa shape index (κ1) is 20.3. The predicted molar refractivity (Wildman–Crippen MR) is 152 cm³/mol. The number of benzene rings is 7. The fourth-order valence-electron chi connectivity index (χ4n) is 5.53. The molecule has 7 aromatic carbocycles. The van der Waals surface area contributed by atoms with Gasteiger partial charge in [0.1, 0.15) is 0 Å². The highest BCUT2D eigenvalue weighted by Crippen LogP contribution is 2.41. The highest BCUT2D eigenvalue weighted by Gasteiger charge is 2.14. The Labute approximate surface area is 209 Å². The lowest BCUT2D eigenvalue weighted by molar-refractivity contribution is 1.62. The largest absolute Gasteiger partial charge is 0.0843 e. The normalized spacial score (nSPS) is 11.6. The van der Waals surface area contributed by atoms with Crippen molar-refractivity contribution >= 4 is 54.7 Å². The smallest absolute Gasteiger partial charge is 0.0412 e. The van der Waals surface area contributed by atoms with Crippen LogP contribution in [0.25, 0.3) is 65.3 Å². The number of rotatable bonds is 2. The molecule has 0 aliphatic rings. The summed E-state index contributed by atoms with van der Waals surface area (Å²) in [6.45, 7) is 0. The third-order valence-corrected chi connectivity index (χ3v) is 7.35. The molecule has 0 nitrogen and oxygen atoms in total. The Hall–Kier alpha value is -4.13. The molecule has 0 saturated carbocycles. The van der Waals surface area contributed by atoms with Gasteiger partial charge in [0.15, 0.2) is 0 Å². The van der Waals surface area contributed by atoms with Crippen LogP contribution in [0, 0.1) is 0 Å². The predicted octanol–water partition coefficient (Wildman–Crippen LogP) is 10.3. The van der Waals surface area contributed by atoms with E-state index in [4.69, 9.17) is 11.6 Å². The van der Waals surface area contributed by atoms with E-state index in [9.17, 15) is 0 Å². The van der Waals surface area contributed by atoms with Crippen molar-refractivity contribution in [1.29, 1.82) is 0 Å². The number of fused-ring (bicyclic) bond motifs is 7. The molecule has 0 fully saturated rings. The topological polar surface area (TPSA) is 0 Å². The maximum atomic E-state index is 6.54. The fraction of sp³-hybridized carbons (Fsp3) is 0. The minimum absolute atomic E-state index is 0.744. The number of hydrogen-bond acceptors (Lipinski definition) is 0. The SMILES string of the molecule is Clc1ccc(-c2ccc3c4ccccc4c4ccccc4c3c2)c(-c2cccc3ccccc23)c1. The second-order valence-electron chi connectivity index (χ2n) is 9.07. The minimum Gasteiger partial charge on any atom is -0.0843 e. The Morgan fingerprint density at radius 3 is 1.63 bits per heavy atom. The molecule has 0 amide bonds. The maximum Gasteiger partial charge on any atom is 0.0412 e. The van der Waals surface area contributed by atoms with E-state index in [-0.39, 0.29) is 0 Å². The average molecular weight is 465 g/mol. The van der Waals surface area contributed by atoms with Gasteiger partial charge >= 0.3 is 0 Å². The molecule has 0 N–H and O–H groups in total. The van der Waals surface area contributed by atoms with Gasteiger partial charge in [0.05, 0.1) is 0 Å². The first-order chi connectivity index (χ1) is 17.3. The summed E-state index contributed by atoms with van der Waals surface area (Å²) in [5.41, 5.74) is 4.73. The lowest BCUT2D eigenvalue weighted by Crippen LogP contribution is -1.89. The van der Waals surface area contributed by atoms with Crippen LogP contribution in [0.3, 0.4) is 0 Å². The first-order valence-electron chi connectivity index (χ1n) is 11.9. The zero-order chi connectivity index (χ0) is 23.4. The van der Waals surface area contributed by atoms with Crippen molar-refractivity contribution < 1.29 is 0 Å². The van der Waals surface area contributed by atoms with E-state index in [1.54, 1.807) is 0 Å². The van der Waals surface area contributed by atoms with Crippen molar-refractivity contribution in [2.75, 3.05) is 0 Å². The molecule has 0 atom stereocenters. The summed E-state index contributed by atoms with van der Waals surface area (Å²) in [5.74, 6) is 0. The van der Waals surface area contributed by atoms with Gasteiger partial charge in [0, 0.05) is 5.02 Å². The molecule has 0 saturated heterocycles. The van der Waals surface area contributed by atoms with Crippen molar-refractivity contribution in [3.63, 3.8) is 0 Å². The van der Waals surface area contributed by atoms with E-state index in [1.807, 2.05) is 6.07 Å². The van der Waals surface area contributed by atoms with Crippen LogP contribution >= 0.6 is 11.6 Å². The first-order valence-corrected chi connectivity index (χ1v) is 12.3. The van der Waals surface area contributed by atoms with Gasteiger partial charge < -0.3 is 0 Å². The minimum atomic E-state index is 0.744. The second kappa shape index (κ2) is 7.98. The molecule has 0 bridgehead atoms. The van der Waals surface area contributed by atoms with Gasteiger partial charge in [-0.2, -0.15) is 0 Å². The quantitative estimate of drug-likeness (QED) is 0.223. The van der Waals surface area contributed by atoms with E-state index in [0.29, 0.717) is 0 Å². The van der Waals surface area contributed by atoms with Crippen LogP contribution in [0.2, 0.25) is 5.02 Å². The summed E-state index contributed by atoms with van der Waals surface area (Å²) in [6.07, 6.45) is 0.